The van der Waals surface area contributed by atoms with Crippen molar-refractivity contribution in [1.29, 1.82) is 0 Å². The fourth-order valence-electron chi connectivity index (χ4n) is 2.29. The van der Waals surface area contributed by atoms with Gasteiger partial charge in [0.05, 0.1) is 12.7 Å². The average Bonchev–Trinajstić information content (AvgIpc) is 2.29. The maximum atomic E-state index is 12.6. The van der Waals surface area contributed by atoms with E-state index in [4.69, 9.17) is 4.74 Å². The van der Waals surface area contributed by atoms with Gasteiger partial charge in [-0.2, -0.15) is 0 Å². The zero-order valence-electron chi connectivity index (χ0n) is 6.66. The first-order valence-corrected chi connectivity index (χ1v) is 5.63. The van der Waals surface area contributed by atoms with Gasteiger partial charge in [0.1, 0.15) is 0 Å². The molecule has 1 nitrogen and oxygen atoms in total. The molecule has 4 heteroatoms. The fourth-order valence-corrected chi connectivity index (χ4v) is 2.85. The minimum absolute atomic E-state index is 0.0488. The number of alkyl halides is 3. The van der Waals surface area contributed by atoms with Crippen LogP contribution in [0.4, 0.5) is 8.78 Å². The standard InChI is InChI=1S/C8H11F2IO/c9-8(10)3-7(4-8)1-6(2-11)12-5-7/h6H,1-5H2. The molecule has 1 heterocycles. The van der Waals surface area contributed by atoms with Gasteiger partial charge in [0, 0.05) is 22.7 Å². The van der Waals surface area contributed by atoms with Crippen LogP contribution in [0, 0.1) is 5.41 Å². The number of rotatable bonds is 1. The minimum Gasteiger partial charge on any atom is -0.377 e. The highest BCUT2D eigenvalue weighted by atomic mass is 127. The van der Waals surface area contributed by atoms with E-state index in [1.807, 2.05) is 0 Å². The van der Waals surface area contributed by atoms with Gasteiger partial charge in [-0.15, -0.1) is 0 Å². The second kappa shape index (κ2) is 2.77. The van der Waals surface area contributed by atoms with Crippen molar-refractivity contribution >= 4 is 22.6 Å². The van der Waals surface area contributed by atoms with Crippen molar-refractivity contribution in [3.63, 3.8) is 0 Å². The second-order valence-corrected chi connectivity index (χ2v) is 4.88. The SMILES string of the molecule is FC1(F)CC2(COC(CI)C2)C1. The Hall–Kier alpha value is 0.550. The smallest absolute Gasteiger partial charge is 0.249 e. The van der Waals surface area contributed by atoms with E-state index in [9.17, 15) is 8.78 Å². The molecule has 12 heavy (non-hydrogen) atoms. The van der Waals surface area contributed by atoms with Crippen molar-refractivity contribution < 1.29 is 13.5 Å². The van der Waals surface area contributed by atoms with Crippen LogP contribution in [-0.2, 0) is 4.74 Å². The lowest BCUT2D eigenvalue weighted by atomic mass is 9.65. The second-order valence-electron chi connectivity index (χ2n) is 4.00. The normalized spacial score (nSPS) is 36.8. The number of ether oxygens (including phenoxy) is 1. The van der Waals surface area contributed by atoms with Gasteiger partial charge in [0.25, 0.3) is 0 Å². The molecule has 2 rings (SSSR count). The van der Waals surface area contributed by atoms with E-state index in [0.29, 0.717) is 6.61 Å². The van der Waals surface area contributed by atoms with Crippen molar-refractivity contribution in [1.82, 2.24) is 0 Å². The Labute approximate surface area is 84.0 Å². The first-order chi connectivity index (χ1) is 5.55. The number of halogens is 3. The van der Waals surface area contributed by atoms with E-state index in [2.05, 4.69) is 22.6 Å². The third kappa shape index (κ3) is 1.47. The maximum Gasteiger partial charge on any atom is 0.249 e. The Morgan fingerprint density at radius 3 is 2.50 bits per heavy atom. The first-order valence-electron chi connectivity index (χ1n) is 4.11. The van der Waals surface area contributed by atoms with Crippen molar-refractivity contribution in [2.24, 2.45) is 5.41 Å². The third-order valence-corrected chi connectivity index (χ3v) is 3.71. The lowest BCUT2D eigenvalue weighted by Crippen LogP contribution is -2.46. The maximum absolute atomic E-state index is 12.6. The molecule has 0 bridgehead atoms. The molecule has 1 unspecified atom stereocenters. The van der Waals surface area contributed by atoms with E-state index >= 15 is 0 Å². The minimum atomic E-state index is -2.40. The Bertz CT molecular complexity index is 187. The summed E-state index contributed by atoms with van der Waals surface area (Å²) in [5.74, 6) is -2.40. The number of hydrogen-bond acceptors (Lipinski definition) is 1. The van der Waals surface area contributed by atoms with Crippen LogP contribution in [-0.4, -0.2) is 23.1 Å². The highest BCUT2D eigenvalue weighted by Crippen LogP contribution is 2.57. The van der Waals surface area contributed by atoms with Crippen LogP contribution in [0.3, 0.4) is 0 Å². The van der Waals surface area contributed by atoms with Crippen molar-refractivity contribution in [2.45, 2.75) is 31.3 Å². The van der Waals surface area contributed by atoms with Gasteiger partial charge in [-0.1, -0.05) is 22.6 Å². The van der Waals surface area contributed by atoms with Crippen LogP contribution in [0.15, 0.2) is 0 Å². The quantitative estimate of drug-likeness (QED) is 0.532. The first kappa shape index (κ1) is 9.12. The summed E-state index contributed by atoms with van der Waals surface area (Å²) in [5.41, 5.74) is -0.153. The largest absolute Gasteiger partial charge is 0.377 e. The topological polar surface area (TPSA) is 9.23 Å². The summed E-state index contributed by atoms with van der Waals surface area (Å²) in [4.78, 5) is 0. The van der Waals surface area contributed by atoms with Crippen LogP contribution < -0.4 is 0 Å². The zero-order valence-corrected chi connectivity index (χ0v) is 8.81. The monoisotopic (exact) mass is 288 g/mol. The van der Waals surface area contributed by atoms with Crippen LogP contribution in [0.1, 0.15) is 19.3 Å². The molecule has 0 aromatic heterocycles. The summed E-state index contributed by atoms with van der Waals surface area (Å²) in [7, 11) is 0. The third-order valence-electron chi connectivity index (χ3n) is 2.73. The average molecular weight is 288 g/mol. The van der Waals surface area contributed by atoms with Gasteiger partial charge in [-0.25, -0.2) is 8.78 Å². The van der Waals surface area contributed by atoms with E-state index in [0.717, 1.165) is 10.8 Å². The van der Waals surface area contributed by atoms with Gasteiger partial charge >= 0.3 is 0 Å². The van der Waals surface area contributed by atoms with Crippen molar-refractivity contribution in [2.75, 3.05) is 11.0 Å². The zero-order chi connectivity index (χ0) is 8.82. The Balaban J connectivity index is 1.92. The van der Waals surface area contributed by atoms with E-state index in [1.165, 1.54) is 0 Å². The van der Waals surface area contributed by atoms with Crippen LogP contribution in [0.2, 0.25) is 0 Å². The molecular formula is C8H11F2IO. The molecule has 1 aliphatic carbocycles. The molecule has 1 spiro atoms. The van der Waals surface area contributed by atoms with Gasteiger partial charge in [-0.05, 0) is 6.42 Å². The van der Waals surface area contributed by atoms with Crippen molar-refractivity contribution in [3.05, 3.63) is 0 Å². The summed E-state index contributed by atoms with van der Waals surface area (Å²) in [6, 6.07) is 0. The summed E-state index contributed by atoms with van der Waals surface area (Å²) < 4.78 is 31.6. The molecule has 1 atom stereocenters. The summed E-state index contributed by atoms with van der Waals surface area (Å²) in [6.45, 7) is 0.552. The Kier molecular flexibility index (Phi) is 2.10. The predicted octanol–water partition coefficient (Wildman–Crippen LogP) is 2.63. The van der Waals surface area contributed by atoms with Gasteiger partial charge in [0.15, 0.2) is 0 Å². The molecule has 0 aromatic carbocycles. The van der Waals surface area contributed by atoms with Crippen LogP contribution >= 0.6 is 22.6 Å². The summed E-state index contributed by atoms with van der Waals surface area (Å²) in [6.07, 6.45) is 1.16. The van der Waals surface area contributed by atoms with Gasteiger partial charge in [0.2, 0.25) is 5.92 Å². The molecule has 1 saturated carbocycles. The molecule has 2 aliphatic rings. The molecule has 70 valence electrons. The molecule has 1 saturated heterocycles. The molecule has 0 amide bonds. The molecule has 0 N–H and O–H groups in total. The molecule has 0 radical (unpaired) electrons. The summed E-state index contributed by atoms with van der Waals surface area (Å²) >= 11 is 2.24. The van der Waals surface area contributed by atoms with Gasteiger partial charge in [-0.3, -0.25) is 0 Å². The lowest BCUT2D eigenvalue weighted by molar-refractivity contribution is -0.160. The number of hydrogen-bond donors (Lipinski definition) is 0. The summed E-state index contributed by atoms with van der Waals surface area (Å²) in [5, 5.41) is 0. The van der Waals surface area contributed by atoms with Crippen molar-refractivity contribution in [3.8, 4) is 0 Å². The molecular weight excluding hydrogens is 277 g/mol. The molecule has 2 fully saturated rings. The molecule has 0 aromatic rings. The van der Waals surface area contributed by atoms with E-state index in [-0.39, 0.29) is 24.4 Å². The lowest BCUT2D eigenvalue weighted by Gasteiger charge is -2.43. The van der Waals surface area contributed by atoms with Crippen LogP contribution in [0.25, 0.3) is 0 Å². The fraction of sp³-hybridized carbons (Fsp3) is 1.00. The highest BCUT2D eigenvalue weighted by molar-refractivity contribution is 14.1. The molecule has 1 aliphatic heterocycles. The van der Waals surface area contributed by atoms with E-state index < -0.39 is 5.92 Å². The van der Waals surface area contributed by atoms with Gasteiger partial charge < -0.3 is 4.74 Å². The predicted molar refractivity (Wildman–Crippen MR) is 49.9 cm³/mol. The van der Waals surface area contributed by atoms with E-state index in [1.54, 1.807) is 0 Å². The highest BCUT2D eigenvalue weighted by Gasteiger charge is 2.59. The Morgan fingerprint density at radius 2 is 2.08 bits per heavy atom. The van der Waals surface area contributed by atoms with Crippen LogP contribution in [0.5, 0.6) is 0 Å². The Morgan fingerprint density at radius 1 is 1.42 bits per heavy atom.